The number of hydrogen-bond acceptors (Lipinski definition) is 1. The Labute approximate surface area is 162 Å². The average Bonchev–Trinajstić information content (AvgIpc) is 3.23. The Bertz CT molecular complexity index is 829. The molecule has 2 heteroatoms. The maximum Gasteiger partial charge on any atom is 0.233 e. The van der Waals surface area contributed by atoms with Gasteiger partial charge >= 0.3 is 0 Å². The Kier molecular flexibility index (Phi) is 4.30. The van der Waals surface area contributed by atoms with Gasteiger partial charge in [0.25, 0.3) is 0 Å². The molecule has 3 unspecified atom stereocenters. The predicted molar refractivity (Wildman–Crippen MR) is 109 cm³/mol. The lowest BCUT2D eigenvalue weighted by Crippen LogP contribution is -2.48. The summed E-state index contributed by atoms with van der Waals surface area (Å²) in [6, 6.07) is 19.3. The second-order valence-corrected chi connectivity index (χ2v) is 8.99. The summed E-state index contributed by atoms with van der Waals surface area (Å²) in [6.07, 6.45) is 8.03. The van der Waals surface area contributed by atoms with Crippen molar-refractivity contribution in [3.63, 3.8) is 0 Å². The van der Waals surface area contributed by atoms with Crippen LogP contribution in [-0.2, 0) is 23.1 Å². The zero-order chi connectivity index (χ0) is 18.3. The molecule has 1 saturated heterocycles. The van der Waals surface area contributed by atoms with Crippen LogP contribution in [0.4, 0.5) is 0 Å². The summed E-state index contributed by atoms with van der Waals surface area (Å²) in [5.41, 5.74) is 3.56. The SMILES string of the molecule is O=C(N1CCC2CCC(C2)C1)C1(Cc2ccccc2)CCc2ccccc21. The van der Waals surface area contributed by atoms with Crippen LogP contribution < -0.4 is 0 Å². The first-order valence-corrected chi connectivity index (χ1v) is 10.7. The van der Waals surface area contributed by atoms with Crippen molar-refractivity contribution in [3.8, 4) is 0 Å². The monoisotopic (exact) mass is 359 g/mol. The molecule has 0 N–H and O–H groups in total. The zero-order valence-electron chi connectivity index (χ0n) is 16.1. The molecule has 0 radical (unpaired) electrons. The second-order valence-electron chi connectivity index (χ2n) is 8.99. The third kappa shape index (κ3) is 2.99. The van der Waals surface area contributed by atoms with Gasteiger partial charge in [-0.3, -0.25) is 4.79 Å². The van der Waals surface area contributed by atoms with Crippen molar-refractivity contribution in [2.75, 3.05) is 13.1 Å². The van der Waals surface area contributed by atoms with E-state index in [9.17, 15) is 4.79 Å². The summed E-state index contributed by atoms with van der Waals surface area (Å²) in [6.45, 7) is 1.94. The summed E-state index contributed by atoms with van der Waals surface area (Å²) in [5.74, 6) is 1.98. The van der Waals surface area contributed by atoms with Gasteiger partial charge in [-0.15, -0.1) is 0 Å². The van der Waals surface area contributed by atoms with Gasteiger partial charge in [0.2, 0.25) is 5.91 Å². The molecule has 2 fully saturated rings. The summed E-state index contributed by atoms with van der Waals surface area (Å²) in [4.78, 5) is 16.3. The summed E-state index contributed by atoms with van der Waals surface area (Å²) < 4.78 is 0. The minimum atomic E-state index is -0.373. The largest absolute Gasteiger partial charge is 0.342 e. The van der Waals surface area contributed by atoms with Crippen molar-refractivity contribution >= 4 is 5.91 Å². The maximum absolute atomic E-state index is 14.0. The fourth-order valence-corrected chi connectivity index (χ4v) is 5.95. The third-order valence-electron chi connectivity index (χ3n) is 7.34. The molecule has 5 rings (SSSR count). The average molecular weight is 360 g/mol. The standard InChI is InChI=1S/C25H29NO/c27-24(26-15-13-19-10-11-21(16-19)18-26)25(17-20-6-2-1-3-7-20)14-12-22-8-4-5-9-23(22)25/h1-9,19,21H,10-18H2. The molecule has 2 aromatic carbocycles. The highest BCUT2D eigenvalue weighted by molar-refractivity contribution is 5.90. The predicted octanol–water partition coefficient (Wildman–Crippen LogP) is 4.76. The molecule has 1 heterocycles. The second kappa shape index (κ2) is 6.82. The minimum absolute atomic E-state index is 0.373. The number of fused-ring (bicyclic) bond motifs is 3. The lowest BCUT2D eigenvalue weighted by Gasteiger charge is -2.36. The molecule has 27 heavy (non-hydrogen) atoms. The van der Waals surface area contributed by atoms with E-state index < -0.39 is 0 Å². The molecule has 2 aliphatic carbocycles. The first kappa shape index (κ1) is 17.0. The Balaban J connectivity index is 1.51. The van der Waals surface area contributed by atoms with Crippen LogP contribution in [0.2, 0.25) is 0 Å². The van der Waals surface area contributed by atoms with Crippen LogP contribution >= 0.6 is 0 Å². The zero-order valence-corrected chi connectivity index (χ0v) is 16.1. The Morgan fingerprint density at radius 2 is 1.74 bits per heavy atom. The topological polar surface area (TPSA) is 20.3 Å². The molecule has 2 aromatic rings. The third-order valence-corrected chi connectivity index (χ3v) is 7.34. The fourth-order valence-electron chi connectivity index (χ4n) is 5.95. The molecule has 2 nitrogen and oxygen atoms in total. The number of likely N-dealkylation sites (tertiary alicyclic amines) is 1. The number of nitrogens with zero attached hydrogens (tertiary/aromatic N) is 1. The molecule has 2 bridgehead atoms. The highest BCUT2D eigenvalue weighted by Crippen LogP contribution is 2.44. The van der Waals surface area contributed by atoms with Crippen LogP contribution in [0, 0.1) is 11.8 Å². The number of aryl methyl sites for hydroxylation is 1. The molecular weight excluding hydrogens is 330 g/mol. The molecule has 0 aromatic heterocycles. The Morgan fingerprint density at radius 3 is 2.63 bits per heavy atom. The van der Waals surface area contributed by atoms with Gasteiger partial charge < -0.3 is 4.90 Å². The van der Waals surface area contributed by atoms with Crippen molar-refractivity contribution in [3.05, 3.63) is 71.3 Å². The normalized spacial score (nSPS) is 29.4. The van der Waals surface area contributed by atoms with Gasteiger partial charge in [-0.1, -0.05) is 61.0 Å². The van der Waals surface area contributed by atoms with Gasteiger partial charge in [-0.2, -0.15) is 0 Å². The summed E-state index contributed by atoms with van der Waals surface area (Å²) in [7, 11) is 0. The molecule has 1 saturated carbocycles. The van der Waals surface area contributed by atoms with Crippen LogP contribution in [0.25, 0.3) is 0 Å². The molecule has 140 valence electrons. The molecular formula is C25H29NO. The highest BCUT2D eigenvalue weighted by atomic mass is 16.2. The number of rotatable bonds is 3. The van der Waals surface area contributed by atoms with Crippen LogP contribution in [0.5, 0.6) is 0 Å². The van der Waals surface area contributed by atoms with E-state index in [1.54, 1.807) is 0 Å². The van der Waals surface area contributed by atoms with E-state index >= 15 is 0 Å². The van der Waals surface area contributed by atoms with Crippen molar-refractivity contribution < 1.29 is 4.79 Å². The van der Waals surface area contributed by atoms with Gasteiger partial charge in [0.15, 0.2) is 0 Å². The molecule has 1 aliphatic heterocycles. The number of amides is 1. The molecule has 3 aliphatic rings. The van der Waals surface area contributed by atoms with Crippen molar-refractivity contribution in [1.82, 2.24) is 4.90 Å². The maximum atomic E-state index is 14.0. The fraction of sp³-hybridized carbons (Fsp3) is 0.480. The lowest BCUT2D eigenvalue weighted by molar-refractivity contribution is -0.138. The van der Waals surface area contributed by atoms with Crippen molar-refractivity contribution in [2.24, 2.45) is 11.8 Å². The highest BCUT2D eigenvalue weighted by Gasteiger charge is 2.48. The van der Waals surface area contributed by atoms with E-state index in [0.29, 0.717) is 5.91 Å². The van der Waals surface area contributed by atoms with E-state index in [-0.39, 0.29) is 5.41 Å². The van der Waals surface area contributed by atoms with Crippen LogP contribution in [0.15, 0.2) is 54.6 Å². The van der Waals surface area contributed by atoms with E-state index in [1.165, 1.54) is 42.4 Å². The van der Waals surface area contributed by atoms with Crippen LogP contribution in [0.1, 0.15) is 48.8 Å². The van der Waals surface area contributed by atoms with E-state index in [1.807, 2.05) is 0 Å². The van der Waals surface area contributed by atoms with E-state index in [2.05, 4.69) is 59.5 Å². The van der Waals surface area contributed by atoms with Crippen LogP contribution in [0.3, 0.4) is 0 Å². The number of hydrogen-bond donors (Lipinski definition) is 0. The van der Waals surface area contributed by atoms with Gasteiger partial charge in [0, 0.05) is 13.1 Å². The number of carbonyl (C=O) groups excluding carboxylic acids is 1. The molecule has 1 amide bonds. The lowest BCUT2D eigenvalue weighted by atomic mass is 9.75. The minimum Gasteiger partial charge on any atom is -0.342 e. The van der Waals surface area contributed by atoms with Gasteiger partial charge in [0.1, 0.15) is 0 Å². The van der Waals surface area contributed by atoms with E-state index in [4.69, 9.17) is 0 Å². The van der Waals surface area contributed by atoms with Gasteiger partial charge in [-0.05, 0) is 67.1 Å². The quantitative estimate of drug-likeness (QED) is 0.773. The van der Waals surface area contributed by atoms with Gasteiger partial charge in [-0.25, -0.2) is 0 Å². The molecule has 3 atom stereocenters. The summed E-state index contributed by atoms with van der Waals surface area (Å²) in [5, 5.41) is 0. The van der Waals surface area contributed by atoms with Crippen LogP contribution in [-0.4, -0.2) is 23.9 Å². The van der Waals surface area contributed by atoms with Gasteiger partial charge in [0.05, 0.1) is 5.41 Å². The first-order valence-electron chi connectivity index (χ1n) is 10.7. The number of benzene rings is 2. The van der Waals surface area contributed by atoms with Crippen molar-refractivity contribution in [2.45, 2.75) is 50.4 Å². The Hall–Kier alpha value is -2.09. The molecule has 0 spiro atoms. The van der Waals surface area contributed by atoms with Crippen molar-refractivity contribution in [1.29, 1.82) is 0 Å². The first-order chi connectivity index (χ1) is 13.2. The summed E-state index contributed by atoms with van der Waals surface area (Å²) >= 11 is 0. The smallest absolute Gasteiger partial charge is 0.233 e. The Morgan fingerprint density at radius 1 is 0.963 bits per heavy atom. The number of carbonyl (C=O) groups is 1. The van der Waals surface area contributed by atoms with E-state index in [0.717, 1.165) is 44.2 Å².